The lowest BCUT2D eigenvalue weighted by Gasteiger charge is -2.18. The number of aromatic nitrogens is 5. The minimum absolute atomic E-state index is 0.0574. The van der Waals surface area contributed by atoms with Gasteiger partial charge in [0.15, 0.2) is 5.82 Å². The predicted octanol–water partition coefficient (Wildman–Crippen LogP) is 0.879. The van der Waals surface area contributed by atoms with Gasteiger partial charge in [-0.3, -0.25) is 0 Å². The molecule has 154 valence electrons. The van der Waals surface area contributed by atoms with Crippen molar-refractivity contribution in [3.8, 4) is 22.6 Å². The normalized spacial score (nSPS) is 12.3. The average Bonchev–Trinajstić information content (AvgIpc) is 3.06. The van der Waals surface area contributed by atoms with E-state index in [4.69, 9.17) is 5.73 Å². The number of nitrogens with zero attached hydrogens (tertiary/aromatic N) is 5. The highest BCUT2D eigenvalue weighted by atomic mass is 32.2. The summed E-state index contributed by atoms with van der Waals surface area (Å²) in [5, 5.41) is 18.0. The molecule has 0 aliphatic rings. The summed E-state index contributed by atoms with van der Waals surface area (Å²) in [5.74, 6) is 0.197. The second-order valence-corrected chi connectivity index (χ2v) is 9.09. The van der Waals surface area contributed by atoms with Crippen molar-refractivity contribution in [2.24, 2.45) is 7.05 Å². The summed E-state index contributed by atoms with van der Waals surface area (Å²) < 4.78 is 27.6. The number of aliphatic hydroxyl groups is 1. The molecule has 4 N–H and O–H groups in total. The number of nitrogens with one attached hydrogen (secondary N) is 1. The Bertz CT molecular complexity index is 1150. The Morgan fingerprint density at radius 1 is 1.24 bits per heavy atom. The van der Waals surface area contributed by atoms with Crippen molar-refractivity contribution >= 4 is 15.8 Å². The molecule has 29 heavy (non-hydrogen) atoms. The topological polar surface area (TPSA) is 149 Å². The molecule has 0 aliphatic heterocycles. The molecular formula is C18H23N7O3S. The fourth-order valence-corrected chi connectivity index (χ4v) is 3.80. The number of hydrogen-bond donors (Lipinski definition) is 3. The Morgan fingerprint density at radius 3 is 2.59 bits per heavy atom. The standard InChI is InChI=1S/C18H23N7O3S/c1-11-5-6-12(29(27,28)22-10-18(2,3)26)7-13(11)14-8-20-17(19)16(23-14)15-9-21-25(4)24-15/h5-9,22,26H,10H2,1-4H3,(H2,19,20). The molecule has 0 atom stereocenters. The van der Waals surface area contributed by atoms with E-state index in [1.54, 1.807) is 13.1 Å². The van der Waals surface area contributed by atoms with Crippen molar-refractivity contribution in [1.29, 1.82) is 0 Å². The van der Waals surface area contributed by atoms with Gasteiger partial charge in [0.25, 0.3) is 0 Å². The van der Waals surface area contributed by atoms with Crippen LogP contribution in [0.15, 0.2) is 35.5 Å². The summed E-state index contributed by atoms with van der Waals surface area (Å²) in [4.78, 5) is 10.2. The van der Waals surface area contributed by atoms with E-state index in [0.717, 1.165) is 5.56 Å². The zero-order valence-electron chi connectivity index (χ0n) is 16.6. The summed E-state index contributed by atoms with van der Waals surface area (Å²) in [5.41, 5.74) is 7.47. The van der Waals surface area contributed by atoms with Crippen molar-refractivity contribution in [1.82, 2.24) is 29.7 Å². The van der Waals surface area contributed by atoms with Gasteiger partial charge >= 0.3 is 0 Å². The van der Waals surface area contributed by atoms with E-state index in [9.17, 15) is 13.5 Å². The fourth-order valence-electron chi connectivity index (χ4n) is 2.57. The summed E-state index contributed by atoms with van der Waals surface area (Å²) in [6.45, 7) is 4.77. The van der Waals surface area contributed by atoms with E-state index in [-0.39, 0.29) is 17.3 Å². The molecule has 1 aromatic carbocycles. The van der Waals surface area contributed by atoms with E-state index < -0.39 is 15.6 Å². The molecule has 2 aromatic heterocycles. The molecule has 0 saturated heterocycles. The molecular weight excluding hydrogens is 394 g/mol. The van der Waals surface area contributed by atoms with Crippen molar-refractivity contribution < 1.29 is 13.5 Å². The van der Waals surface area contributed by atoms with E-state index >= 15 is 0 Å². The van der Waals surface area contributed by atoms with Crippen LogP contribution in [0.1, 0.15) is 19.4 Å². The second kappa shape index (κ2) is 7.50. The average molecular weight is 417 g/mol. The molecule has 0 aliphatic carbocycles. The van der Waals surface area contributed by atoms with Crippen LogP contribution in [-0.4, -0.2) is 50.6 Å². The SMILES string of the molecule is Cc1ccc(S(=O)(=O)NCC(C)(C)O)cc1-c1cnc(N)c(-c2cnn(C)n2)n1. The van der Waals surface area contributed by atoms with E-state index in [1.165, 1.54) is 43.2 Å². The van der Waals surface area contributed by atoms with E-state index in [0.29, 0.717) is 22.6 Å². The monoisotopic (exact) mass is 417 g/mol. The molecule has 0 unspecified atom stereocenters. The lowest BCUT2D eigenvalue weighted by molar-refractivity contribution is 0.0857. The quantitative estimate of drug-likeness (QED) is 0.535. The maximum atomic E-state index is 12.6. The van der Waals surface area contributed by atoms with Crippen LogP contribution in [0, 0.1) is 6.92 Å². The maximum absolute atomic E-state index is 12.6. The molecule has 10 nitrogen and oxygen atoms in total. The van der Waals surface area contributed by atoms with E-state index in [1.807, 2.05) is 6.92 Å². The Labute approximate surface area is 168 Å². The molecule has 0 saturated carbocycles. The largest absolute Gasteiger partial charge is 0.389 e. The molecule has 0 bridgehead atoms. The van der Waals surface area contributed by atoms with Crippen LogP contribution in [0.5, 0.6) is 0 Å². The van der Waals surface area contributed by atoms with Gasteiger partial charge < -0.3 is 10.8 Å². The lowest BCUT2D eigenvalue weighted by atomic mass is 10.1. The lowest BCUT2D eigenvalue weighted by Crippen LogP contribution is -2.38. The van der Waals surface area contributed by atoms with Crippen LogP contribution in [-0.2, 0) is 17.1 Å². The van der Waals surface area contributed by atoms with Gasteiger partial charge in [0.2, 0.25) is 10.0 Å². The number of benzene rings is 1. The maximum Gasteiger partial charge on any atom is 0.240 e. The summed E-state index contributed by atoms with van der Waals surface area (Å²) in [6.07, 6.45) is 3.01. The third kappa shape index (κ3) is 4.75. The van der Waals surface area contributed by atoms with Crippen LogP contribution < -0.4 is 10.5 Å². The third-order valence-electron chi connectivity index (χ3n) is 4.13. The molecule has 0 radical (unpaired) electrons. The summed E-state index contributed by atoms with van der Waals surface area (Å²) in [6, 6.07) is 4.70. The van der Waals surface area contributed by atoms with Crippen molar-refractivity contribution in [3.05, 3.63) is 36.2 Å². The first kappa shape index (κ1) is 20.8. The highest BCUT2D eigenvalue weighted by Gasteiger charge is 2.21. The number of sulfonamides is 1. The Hall–Kier alpha value is -2.89. The van der Waals surface area contributed by atoms with Gasteiger partial charge in [-0.1, -0.05) is 6.07 Å². The Kier molecular flexibility index (Phi) is 5.39. The Balaban J connectivity index is 2.03. The number of anilines is 1. The van der Waals surface area contributed by atoms with Gasteiger partial charge in [-0.25, -0.2) is 23.1 Å². The number of nitrogen functional groups attached to an aromatic ring is 1. The molecule has 2 heterocycles. The highest BCUT2D eigenvalue weighted by molar-refractivity contribution is 7.89. The first-order valence-electron chi connectivity index (χ1n) is 8.78. The van der Waals surface area contributed by atoms with Gasteiger partial charge in [-0.2, -0.15) is 15.0 Å². The van der Waals surface area contributed by atoms with Crippen molar-refractivity contribution in [2.45, 2.75) is 31.3 Å². The Morgan fingerprint density at radius 2 is 1.97 bits per heavy atom. The summed E-state index contributed by atoms with van der Waals surface area (Å²) >= 11 is 0. The molecule has 3 aromatic rings. The van der Waals surface area contributed by atoms with Crippen molar-refractivity contribution in [3.63, 3.8) is 0 Å². The minimum atomic E-state index is -3.82. The zero-order valence-corrected chi connectivity index (χ0v) is 17.4. The van der Waals surface area contributed by atoms with Gasteiger partial charge in [0.1, 0.15) is 11.4 Å². The van der Waals surface area contributed by atoms with Crippen LogP contribution in [0.2, 0.25) is 0 Å². The fraction of sp³-hybridized carbons (Fsp3) is 0.333. The zero-order chi connectivity index (χ0) is 21.4. The highest BCUT2D eigenvalue weighted by Crippen LogP contribution is 2.28. The predicted molar refractivity (Wildman–Crippen MR) is 108 cm³/mol. The number of rotatable bonds is 6. The minimum Gasteiger partial charge on any atom is -0.389 e. The number of nitrogens with two attached hydrogens (primary N) is 1. The first-order chi connectivity index (χ1) is 13.5. The molecule has 11 heteroatoms. The van der Waals surface area contributed by atoms with Gasteiger partial charge in [-0.15, -0.1) is 0 Å². The van der Waals surface area contributed by atoms with Crippen LogP contribution in [0.25, 0.3) is 22.6 Å². The van der Waals surface area contributed by atoms with Crippen LogP contribution >= 0.6 is 0 Å². The summed E-state index contributed by atoms with van der Waals surface area (Å²) in [7, 11) is -2.14. The second-order valence-electron chi connectivity index (χ2n) is 7.32. The molecule has 3 rings (SSSR count). The van der Waals surface area contributed by atoms with Gasteiger partial charge in [-0.05, 0) is 38.5 Å². The number of hydrogen-bond acceptors (Lipinski definition) is 8. The van der Waals surface area contributed by atoms with Crippen molar-refractivity contribution in [2.75, 3.05) is 12.3 Å². The van der Waals surface area contributed by atoms with Crippen LogP contribution in [0.4, 0.5) is 5.82 Å². The van der Waals surface area contributed by atoms with E-state index in [2.05, 4.69) is 24.9 Å². The number of aryl methyl sites for hydroxylation is 2. The van der Waals surface area contributed by atoms with Gasteiger partial charge in [0.05, 0.1) is 28.6 Å². The first-order valence-corrected chi connectivity index (χ1v) is 10.3. The molecule has 0 fully saturated rings. The van der Waals surface area contributed by atoms with Crippen LogP contribution in [0.3, 0.4) is 0 Å². The molecule has 0 amide bonds. The third-order valence-corrected chi connectivity index (χ3v) is 5.53. The smallest absolute Gasteiger partial charge is 0.240 e. The molecule has 0 spiro atoms. The van der Waals surface area contributed by atoms with Gasteiger partial charge in [0, 0.05) is 19.2 Å².